The number of hydrogen-bond acceptors (Lipinski definition) is 6. The van der Waals surface area contributed by atoms with E-state index < -0.39 is 17.7 Å². The molecule has 154 valence electrons. The molecule has 1 aromatic heterocycles. The van der Waals surface area contributed by atoms with Crippen LogP contribution in [0.15, 0.2) is 35.3 Å². The van der Waals surface area contributed by atoms with Gasteiger partial charge in [0.2, 0.25) is 5.95 Å². The standard InChI is InChI=1S/C20H16F2N4O4/c1-29-4-5-30-20(28)26-19-24-15-3-2-10(6-16(15)25-19)18-12-8-14(22)13(21)7-11(12)17(27)9-23-18/h2-3,6-8H,4-5,9H2,1H3,(H2,24,25,26,28). The van der Waals surface area contributed by atoms with Gasteiger partial charge in [0.15, 0.2) is 17.4 Å². The van der Waals surface area contributed by atoms with Crippen LogP contribution in [0.2, 0.25) is 0 Å². The number of aromatic nitrogens is 2. The lowest BCUT2D eigenvalue weighted by molar-refractivity contribution is 0.0999. The van der Waals surface area contributed by atoms with Crippen molar-refractivity contribution in [2.75, 3.05) is 32.2 Å². The number of methoxy groups -OCH3 is 1. The maximum atomic E-state index is 13.8. The zero-order chi connectivity index (χ0) is 21.3. The number of Topliss-reactive ketones (excluding diaryl/α,β-unsaturated/α-hetero) is 1. The summed E-state index contributed by atoms with van der Waals surface area (Å²) >= 11 is 0. The van der Waals surface area contributed by atoms with Crippen molar-refractivity contribution in [1.29, 1.82) is 0 Å². The van der Waals surface area contributed by atoms with Crippen LogP contribution in [-0.4, -0.2) is 54.4 Å². The van der Waals surface area contributed by atoms with Crippen LogP contribution < -0.4 is 5.32 Å². The van der Waals surface area contributed by atoms with Crippen molar-refractivity contribution >= 4 is 34.6 Å². The number of anilines is 1. The number of ketones is 1. The molecule has 10 heteroatoms. The number of aliphatic imine (C=N–C) groups is 1. The molecule has 0 saturated carbocycles. The van der Waals surface area contributed by atoms with Gasteiger partial charge in [-0.2, -0.15) is 0 Å². The minimum atomic E-state index is -1.08. The number of carbonyl (C=O) groups excluding carboxylic acids is 2. The summed E-state index contributed by atoms with van der Waals surface area (Å²) in [5.41, 5.74) is 2.40. The summed E-state index contributed by atoms with van der Waals surface area (Å²) in [4.78, 5) is 35.2. The van der Waals surface area contributed by atoms with Crippen molar-refractivity contribution < 1.29 is 27.8 Å². The monoisotopic (exact) mass is 414 g/mol. The third-order valence-electron chi connectivity index (χ3n) is 4.49. The van der Waals surface area contributed by atoms with E-state index in [0.29, 0.717) is 22.3 Å². The van der Waals surface area contributed by atoms with Gasteiger partial charge in [-0.1, -0.05) is 6.07 Å². The molecule has 1 aliphatic rings. The maximum absolute atomic E-state index is 13.8. The molecule has 0 fully saturated rings. The molecule has 1 aliphatic heterocycles. The van der Waals surface area contributed by atoms with Crippen LogP contribution in [0.1, 0.15) is 21.5 Å². The number of hydrogen-bond donors (Lipinski definition) is 2. The minimum Gasteiger partial charge on any atom is -0.447 e. The number of carbonyl (C=O) groups is 2. The van der Waals surface area contributed by atoms with Crippen molar-refractivity contribution in [3.05, 3.63) is 58.7 Å². The molecule has 2 heterocycles. The zero-order valence-corrected chi connectivity index (χ0v) is 15.8. The fourth-order valence-electron chi connectivity index (χ4n) is 3.11. The van der Waals surface area contributed by atoms with Crippen LogP contribution in [0.25, 0.3) is 11.0 Å². The van der Waals surface area contributed by atoms with Crippen molar-refractivity contribution in [1.82, 2.24) is 9.97 Å². The molecule has 0 bridgehead atoms. The van der Waals surface area contributed by atoms with Crippen molar-refractivity contribution in [3.8, 4) is 0 Å². The highest BCUT2D eigenvalue weighted by Crippen LogP contribution is 2.25. The topological polar surface area (TPSA) is 106 Å². The van der Waals surface area contributed by atoms with Gasteiger partial charge in [0.25, 0.3) is 0 Å². The van der Waals surface area contributed by atoms with E-state index in [0.717, 1.165) is 12.1 Å². The van der Waals surface area contributed by atoms with Gasteiger partial charge in [-0.3, -0.25) is 15.1 Å². The molecule has 8 nitrogen and oxygen atoms in total. The Morgan fingerprint density at radius 1 is 1.17 bits per heavy atom. The number of halogens is 2. The highest BCUT2D eigenvalue weighted by molar-refractivity contribution is 6.22. The summed E-state index contributed by atoms with van der Waals surface area (Å²) in [6, 6.07) is 6.95. The molecule has 0 unspecified atom stereocenters. The van der Waals surface area contributed by atoms with E-state index in [1.165, 1.54) is 7.11 Å². The smallest absolute Gasteiger partial charge is 0.414 e. The Labute approximate surface area is 168 Å². The van der Waals surface area contributed by atoms with Crippen LogP contribution in [-0.2, 0) is 9.47 Å². The number of nitrogens with one attached hydrogen (secondary N) is 2. The van der Waals surface area contributed by atoms with Crippen molar-refractivity contribution in [3.63, 3.8) is 0 Å². The van der Waals surface area contributed by atoms with Gasteiger partial charge < -0.3 is 14.5 Å². The molecule has 2 N–H and O–H groups in total. The van der Waals surface area contributed by atoms with Crippen LogP contribution in [0.3, 0.4) is 0 Å². The number of fused-ring (bicyclic) bond motifs is 2. The van der Waals surface area contributed by atoms with E-state index in [2.05, 4.69) is 20.3 Å². The predicted octanol–water partition coefficient (Wildman–Crippen LogP) is 3.07. The Kier molecular flexibility index (Phi) is 5.23. The molecule has 0 aliphatic carbocycles. The third-order valence-corrected chi connectivity index (χ3v) is 4.49. The van der Waals surface area contributed by atoms with Gasteiger partial charge in [0.1, 0.15) is 13.2 Å². The number of imidazole rings is 1. The average Bonchev–Trinajstić information content (AvgIpc) is 3.11. The molecule has 4 rings (SSSR count). The predicted molar refractivity (Wildman–Crippen MR) is 104 cm³/mol. The van der Waals surface area contributed by atoms with Gasteiger partial charge in [-0.05, 0) is 24.3 Å². The maximum Gasteiger partial charge on any atom is 0.414 e. The van der Waals surface area contributed by atoms with E-state index in [1.54, 1.807) is 18.2 Å². The van der Waals surface area contributed by atoms with E-state index in [-0.39, 0.29) is 42.6 Å². The number of aromatic amines is 1. The quantitative estimate of drug-likeness (QED) is 0.625. The normalized spacial score (nSPS) is 13.2. The van der Waals surface area contributed by atoms with Crippen LogP contribution in [0, 0.1) is 11.6 Å². The number of H-pyrrole nitrogens is 1. The molecule has 0 spiro atoms. The summed E-state index contributed by atoms with van der Waals surface area (Å²) < 4.78 is 37.1. The lowest BCUT2D eigenvalue weighted by Gasteiger charge is -2.16. The molecule has 2 aromatic carbocycles. The van der Waals surface area contributed by atoms with E-state index in [1.807, 2.05) is 0 Å². The minimum absolute atomic E-state index is 0.0877. The Hall–Kier alpha value is -3.66. The van der Waals surface area contributed by atoms with E-state index in [9.17, 15) is 18.4 Å². The van der Waals surface area contributed by atoms with Gasteiger partial charge in [0.05, 0.1) is 23.4 Å². The lowest BCUT2D eigenvalue weighted by Crippen LogP contribution is -2.20. The Morgan fingerprint density at radius 2 is 1.93 bits per heavy atom. The Bertz CT molecular complexity index is 1190. The second-order valence-electron chi connectivity index (χ2n) is 6.47. The van der Waals surface area contributed by atoms with Gasteiger partial charge in [-0.25, -0.2) is 18.6 Å². The molecule has 0 radical (unpaired) electrons. The highest BCUT2D eigenvalue weighted by Gasteiger charge is 2.24. The summed E-state index contributed by atoms with van der Waals surface area (Å²) in [6.07, 6.45) is -0.687. The first kappa shape index (κ1) is 19.6. The number of nitrogens with zero attached hydrogens (tertiary/aromatic N) is 2. The first-order chi connectivity index (χ1) is 14.5. The molecule has 0 saturated heterocycles. The number of amides is 1. The fraction of sp³-hybridized carbons (Fsp3) is 0.200. The molecule has 30 heavy (non-hydrogen) atoms. The largest absolute Gasteiger partial charge is 0.447 e. The van der Waals surface area contributed by atoms with E-state index >= 15 is 0 Å². The number of benzene rings is 2. The molecule has 1 amide bonds. The number of rotatable bonds is 5. The van der Waals surface area contributed by atoms with Crippen molar-refractivity contribution in [2.45, 2.75) is 0 Å². The van der Waals surface area contributed by atoms with Gasteiger partial charge in [-0.15, -0.1) is 0 Å². The SMILES string of the molecule is COCCOC(=O)Nc1nc2ccc(C3=NCC(=O)c4cc(F)c(F)cc43)cc2[nH]1. The molecular formula is C20H16F2N4O4. The summed E-state index contributed by atoms with van der Waals surface area (Å²) in [5.74, 6) is -2.34. The van der Waals surface area contributed by atoms with Gasteiger partial charge >= 0.3 is 6.09 Å². The van der Waals surface area contributed by atoms with Crippen LogP contribution >= 0.6 is 0 Å². The second-order valence-corrected chi connectivity index (χ2v) is 6.47. The number of ether oxygens (including phenoxy) is 2. The zero-order valence-electron chi connectivity index (χ0n) is 15.8. The Morgan fingerprint density at radius 3 is 2.70 bits per heavy atom. The molecule has 3 aromatic rings. The summed E-state index contributed by atoms with van der Waals surface area (Å²) in [5, 5.41) is 2.47. The fourth-order valence-corrected chi connectivity index (χ4v) is 3.11. The third kappa shape index (κ3) is 3.77. The second kappa shape index (κ2) is 7.99. The molecular weight excluding hydrogens is 398 g/mol. The summed E-state index contributed by atoms with van der Waals surface area (Å²) in [7, 11) is 1.49. The first-order valence-electron chi connectivity index (χ1n) is 8.96. The Balaban J connectivity index is 1.63. The van der Waals surface area contributed by atoms with Crippen molar-refractivity contribution in [2.24, 2.45) is 4.99 Å². The lowest BCUT2D eigenvalue weighted by atomic mass is 9.92. The van der Waals surface area contributed by atoms with Crippen LogP contribution in [0.4, 0.5) is 19.5 Å². The highest BCUT2D eigenvalue weighted by atomic mass is 19.2. The van der Waals surface area contributed by atoms with E-state index in [4.69, 9.17) is 9.47 Å². The van der Waals surface area contributed by atoms with Gasteiger partial charge in [0, 0.05) is 23.8 Å². The molecule has 0 atom stereocenters. The summed E-state index contributed by atoms with van der Waals surface area (Å²) in [6.45, 7) is 0.212. The van der Waals surface area contributed by atoms with Crippen LogP contribution in [0.5, 0.6) is 0 Å². The first-order valence-corrected chi connectivity index (χ1v) is 8.96. The average molecular weight is 414 g/mol.